The van der Waals surface area contributed by atoms with E-state index in [2.05, 4.69) is 4.98 Å². The molecular weight excluding hydrogens is 347 g/mol. The van der Waals surface area contributed by atoms with Crippen LogP contribution in [0.25, 0.3) is 10.9 Å². The lowest BCUT2D eigenvalue weighted by Crippen LogP contribution is -2.34. The molecule has 1 atom stereocenters. The van der Waals surface area contributed by atoms with E-state index in [9.17, 15) is 9.18 Å². The van der Waals surface area contributed by atoms with Crippen molar-refractivity contribution in [3.8, 4) is 11.5 Å². The van der Waals surface area contributed by atoms with Gasteiger partial charge in [0.2, 0.25) is 0 Å². The summed E-state index contributed by atoms with van der Waals surface area (Å²) in [6.07, 6.45) is 2.36. The fourth-order valence-electron chi connectivity index (χ4n) is 3.19. The standard InChI is InChI=1S/C21H19FN2O3/c22-17-7-1-2-8-18(17)26-14-20(25)24-12-10-16(13-24)27-19-9-3-5-15-6-4-11-23-21(15)19/h1-9,11,16H,10,12-14H2. The minimum Gasteiger partial charge on any atom is -0.486 e. The quantitative estimate of drug-likeness (QED) is 0.694. The molecule has 2 aromatic carbocycles. The molecule has 138 valence electrons. The van der Waals surface area contributed by atoms with Gasteiger partial charge in [0.15, 0.2) is 18.2 Å². The van der Waals surface area contributed by atoms with Crippen LogP contribution in [0.15, 0.2) is 60.8 Å². The van der Waals surface area contributed by atoms with Gasteiger partial charge in [0, 0.05) is 24.5 Å². The molecule has 0 bridgehead atoms. The van der Waals surface area contributed by atoms with Gasteiger partial charge in [-0.3, -0.25) is 9.78 Å². The third-order valence-corrected chi connectivity index (χ3v) is 4.57. The van der Waals surface area contributed by atoms with Crippen LogP contribution in [0.5, 0.6) is 11.5 Å². The predicted octanol–water partition coefficient (Wildman–Crippen LogP) is 3.43. The van der Waals surface area contributed by atoms with Crippen molar-refractivity contribution in [2.75, 3.05) is 19.7 Å². The molecule has 2 heterocycles. The lowest BCUT2D eigenvalue weighted by molar-refractivity contribution is -0.132. The number of ether oxygens (including phenoxy) is 2. The van der Waals surface area contributed by atoms with Crippen molar-refractivity contribution in [3.05, 3.63) is 66.6 Å². The number of amides is 1. The van der Waals surface area contributed by atoms with Gasteiger partial charge < -0.3 is 14.4 Å². The predicted molar refractivity (Wildman–Crippen MR) is 99.3 cm³/mol. The van der Waals surface area contributed by atoms with Crippen molar-refractivity contribution in [1.29, 1.82) is 0 Å². The second-order valence-electron chi connectivity index (χ2n) is 6.42. The van der Waals surface area contributed by atoms with E-state index in [1.54, 1.807) is 23.2 Å². The summed E-state index contributed by atoms with van der Waals surface area (Å²) >= 11 is 0. The van der Waals surface area contributed by atoms with Crippen LogP contribution in [-0.2, 0) is 4.79 Å². The van der Waals surface area contributed by atoms with Gasteiger partial charge in [0.05, 0.1) is 6.54 Å². The van der Waals surface area contributed by atoms with E-state index in [4.69, 9.17) is 9.47 Å². The summed E-state index contributed by atoms with van der Waals surface area (Å²) in [6, 6.07) is 15.7. The fraction of sp³-hybridized carbons (Fsp3) is 0.238. The van der Waals surface area contributed by atoms with Crippen molar-refractivity contribution < 1.29 is 18.7 Å². The van der Waals surface area contributed by atoms with E-state index in [1.807, 2.05) is 30.3 Å². The van der Waals surface area contributed by atoms with Crippen LogP contribution >= 0.6 is 0 Å². The summed E-state index contributed by atoms with van der Waals surface area (Å²) < 4.78 is 25.0. The monoisotopic (exact) mass is 366 g/mol. The first-order chi connectivity index (χ1) is 13.2. The Morgan fingerprint density at radius 2 is 1.93 bits per heavy atom. The van der Waals surface area contributed by atoms with Crippen LogP contribution in [0.4, 0.5) is 4.39 Å². The van der Waals surface area contributed by atoms with Gasteiger partial charge in [-0.15, -0.1) is 0 Å². The summed E-state index contributed by atoms with van der Waals surface area (Å²) in [7, 11) is 0. The molecule has 1 fully saturated rings. The topological polar surface area (TPSA) is 51.7 Å². The highest BCUT2D eigenvalue weighted by atomic mass is 19.1. The van der Waals surface area contributed by atoms with E-state index < -0.39 is 5.82 Å². The van der Waals surface area contributed by atoms with Gasteiger partial charge in [-0.2, -0.15) is 0 Å². The van der Waals surface area contributed by atoms with Gasteiger partial charge >= 0.3 is 0 Å². The average Bonchev–Trinajstić information content (AvgIpc) is 3.16. The van der Waals surface area contributed by atoms with Crippen molar-refractivity contribution in [2.24, 2.45) is 0 Å². The molecule has 0 saturated carbocycles. The molecule has 0 N–H and O–H groups in total. The van der Waals surface area contributed by atoms with Crippen molar-refractivity contribution in [2.45, 2.75) is 12.5 Å². The zero-order chi connectivity index (χ0) is 18.6. The zero-order valence-corrected chi connectivity index (χ0v) is 14.7. The number of hydrogen-bond acceptors (Lipinski definition) is 4. The molecule has 1 aliphatic heterocycles. The van der Waals surface area contributed by atoms with Gasteiger partial charge in [-0.05, 0) is 24.3 Å². The van der Waals surface area contributed by atoms with Gasteiger partial charge in [0.25, 0.3) is 5.91 Å². The van der Waals surface area contributed by atoms with Crippen LogP contribution in [0.1, 0.15) is 6.42 Å². The molecule has 6 heteroatoms. The molecule has 0 aliphatic carbocycles. The number of likely N-dealkylation sites (tertiary alicyclic amines) is 1. The maximum Gasteiger partial charge on any atom is 0.260 e. The fourth-order valence-corrected chi connectivity index (χ4v) is 3.19. The first-order valence-electron chi connectivity index (χ1n) is 8.86. The Labute approximate surface area is 156 Å². The van der Waals surface area contributed by atoms with Crippen LogP contribution in [0, 0.1) is 5.82 Å². The summed E-state index contributed by atoms with van der Waals surface area (Å²) in [5.41, 5.74) is 0.813. The Kier molecular flexibility index (Phi) is 4.87. The van der Waals surface area contributed by atoms with E-state index in [0.717, 1.165) is 23.1 Å². The Balaban J connectivity index is 1.35. The first kappa shape index (κ1) is 17.3. The second-order valence-corrected chi connectivity index (χ2v) is 6.42. The molecule has 1 unspecified atom stereocenters. The largest absolute Gasteiger partial charge is 0.486 e. The smallest absolute Gasteiger partial charge is 0.260 e. The Bertz CT molecular complexity index is 958. The number of fused-ring (bicyclic) bond motifs is 1. The van der Waals surface area contributed by atoms with Crippen molar-refractivity contribution in [1.82, 2.24) is 9.88 Å². The summed E-state index contributed by atoms with van der Waals surface area (Å²) in [4.78, 5) is 18.4. The number of carbonyl (C=O) groups excluding carboxylic acids is 1. The molecule has 1 aliphatic rings. The summed E-state index contributed by atoms with van der Waals surface area (Å²) in [5.74, 6) is 0.145. The zero-order valence-electron chi connectivity index (χ0n) is 14.7. The number of rotatable bonds is 5. The molecule has 0 spiro atoms. The highest BCUT2D eigenvalue weighted by Crippen LogP contribution is 2.26. The number of hydrogen-bond donors (Lipinski definition) is 0. The Hall–Kier alpha value is -3.15. The van der Waals surface area contributed by atoms with Crippen molar-refractivity contribution >= 4 is 16.8 Å². The number of pyridine rings is 1. The van der Waals surface area contributed by atoms with Crippen LogP contribution in [0.2, 0.25) is 0 Å². The molecule has 4 rings (SSSR count). The SMILES string of the molecule is O=C(COc1ccccc1F)N1CCC(Oc2cccc3cccnc23)C1. The third kappa shape index (κ3) is 3.84. The number of carbonyl (C=O) groups is 1. The molecular formula is C21H19FN2O3. The van der Waals surface area contributed by atoms with Crippen LogP contribution < -0.4 is 9.47 Å². The van der Waals surface area contributed by atoms with Gasteiger partial charge in [-0.25, -0.2) is 4.39 Å². The number of aromatic nitrogens is 1. The van der Waals surface area contributed by atoms with Gasteiger partial charge in [-0.1, -0.05) is 30.3 Å². The molecule has 27 heavy (non-hydrogen) atoms. The molecule has 0 radical (unpaired) electrons. The molecule has 1 aromatic heterocycles. The first-order valence-corrected chi connectivity index (χ1v) is 8.86. The lowest BCUT2D eigenvalue weighted by Gasteiger charge is -2.18. The van der Waals surface area contributed by atoms with E-state index >= 15 is 0 Å². The number of benzene rings is 2. The van der Waals surface area contributed by atoms with Gasteiger partial charge in [0.1, 0.15) is 17.4 Å². The molecule has 3 aromatic rings. The number of nitrogens with zero attached hydrogens (tertiary/aromatic N) is 2. The van der Waals surface area contributed by atoms with Crippen molar-refractivity contribution in [3.63, 3.8) is 0 Å². The Morgan fingerprint density at radius 1 is 1.11 bits per heavy atom. The van der Waals surface area contributed by atoms with E-state index in [0.29, 0.717) is 13.1 Å². The summed E-state index contributed by atoms with van der Waals surface area (Å²) in [5, 5.41) is 1.01. The normalized spacial score (nSPS) is 16.5. The lowest BCUT2D eigenvalue weighted by atomic mass is 10.2. The second kappa shape index (κ2) is 7.61. The molecule has 5 nitrogen and oxygen atoms in total. The van der Waals surface area contributed by atoms with Crippen LogP contribution in [-0.4, -0.2) is 41.6 Å². The molecule has 1 amide bonds. The van der Waals surface area contributed by atoms with E-state index in [1.165, 1.54) is 12.1 Å². The minimum absolute atomic E-state index is 0.0830. The number of halogens is 1. The third-order valence-electron chi connectivity index (χ3n) is 4.57. The highest BCUT2D eigenvalue weighted by molar-refractivity contribution is 5.84. The number of para-hydroxylation sites is 2. The van der Waals surface area contributed by atoms with Crippen LogP contribution in [0.3, 0.4) is 0 Å². The molecule has 1 saturated heterocycles. The Morgan fingerprint density at radius 3 is 2.81 bits per heavy atom. The maximum absolute atomic E-state index is 13.6. The van der Waals surface area contributed by atoms with E-state index in [-0.39, 0.29) is 24.4 Å². The summed E-state index contributed by atoms with van der Waals surface area (Å²) in [6.45, 7) is 0.870. The highest BCUT2D eigenvalue weighted by Gasteiger charge is 2.28. The maximum atomic E-state index is 13.6. The minimum atomic E-state index is -0.476. The average molecular weight is 366 g/mol.